The number of primary amides is 1. The number of nitrogens with two attached hydrogens (primary N) is 1. The first-order chi connectivity index (χ1) is 8.60. The van der Waals surface area contributed by atoms with Gasteiger partial charge in [-0.2, -0.15) is 15.0 Å². The van der Waals surface area contributed by atoms with Crippen molar-refractivity contribution in [1.82, 2.24) is 15.0 Å². The smallest absolute Gasteiger partial charge is 0.231 e. The molecule has 8 heteroatoms. The van der Waals surface area contributed by atoms with Crippen LogP contribution in [0.1, 0.15) is 12.8 Å². The summed E-state index contributed by atoms with van der Waals surface area (Å²) in [6, 6.07) is 0. The summed E-state index contributed by atoms with van der Waals surface area (Å²) in [7, 11) is 1.72. The maximum atomic E-state index is 11.1. The number of piperidine rings is 1. The molecule has 7 nitrogen and oxygen atoms in total. The van der Waals surface area contributed by atoms with Gasteiger partial charge in [-0.1, -0.05) is 0 Å². The molecule has 1 amide bonds. The van der Waals surface area contributed by atoms with Crippen LogP contribution in [0.4, 0.5) is 11.9 Å². The van der Waals surface area contributed by atoms with Gasteiger partial charge in [-0.3, -0.25) is 4.79 Å². The number of anilines is 2. The molecular weight excluding hydrogens is 256 g/mol. The molecule has 0 saturated carbocycles. The van der Waals surface area contributed by atoms with Crippen LogP contribution in [0.25, 0.3) is 0 Å². The highest BCUT2D eigenvalue weighted by Gasteiger charge is 2.24. The number of carbonyl (C=O) groups excluding carboxylic acids is 1. The zero-order chi connectivity index (χ0) is 13.1. The molecule has 2 heterocycles. The first kappa shape index (κ1) is 12.8. The SMILES string of the molecule is CNc1nc(Cl)nc(N2CCC(C(N)=O)CC2)n1. The Labute approximate surface area is 110 Å². The summed E-state index contributed by atoms with van der Waals surface area (Å²) in [4.78, 5) is 25.3. The number of hydrogen-bond donors (Lipinski definition) is 2. The van der Waals surface area contributed by atoms with Crippen molar-refractivity contribution in [2.75, 3.05) is 30.4 Å². The predicted octanol–water partition coefficient (Wildman–Crippen LogP) is 0.268. The van der Waals surface area contributed by atoms with Crippen molar-refractivity contribution < 1.29 is 4.79 Å². The minimum atomic E-state index is -0.237. The van der Waals surface area contributed by atoms with Gasteiger partial charge in [0.2, 0.25) is 23.1 Å². The monoisotopic (exact) mass is 270 g/mol. The highest BCUT2D eigenvalue weighted by Crippen LogP contribution is 2.21. The van der Waals surface area contributed by atoms with Gasteiger partial charge in [-0.25, -0.2) is 0 Å². The van der Waals surface area contributed by atoms with E-state index >= 15 is 0 Å². The van der Waals surface area contributed by atoms with Crippen LogP contribution < -0.4 is 16.0 Å². The van der Waals surface area contributed by atoms with E-state index in [2.05, 4.69) is 20.3 Å². The normalized spacial score (nSPS) is 16.7. The van der Waals surface area contributed by atoms with E-state index in [9.17, 15) is 4.79 Å². The predicted molar refractivity (Wildman–Crippen MR) is 68.5 cm³/mol. The van der Waals surface area contributed by atoms with E-state index in [1.54, 1.807) is 7.05 Å². The molecule has 0 aliphatic carbocycles. The Morgan fingerprint density at radius 1 is 1.39 bits per heavy atom. The van der Waals surface area contributed by atoms with E-state index in [4.69, 9.17) is 17.3 Å². The molecule has 2 rings (SSSR count). The first-order valence-corrected chi connectivity index (χ1v) is 6.11. The third-order valence-corrected chi connectivity index (χ3v) is 3.17. The van der Waals surface area contributed by atoms with Gasteiger partial charge in [0.05, 0.1) is 0 Å². The average molecular weight is 271 g/mol. The largest absolute Gasteiger partial charge is 0.369 e. The zero-order valence-corrected chi connectivity index (χ0v) is 10.8. The van der Waals surface area contributed by atoms with Gasteiger partial charge in [0.15, 0.2) is 0 Å². The minimum Gasteiger partial charge on any atom is -0.369 e. The lowest BCUT2D eigenvalue weighted by molar-refractivity contribution is -0.122. The molecule has 1 aromatic rings. The van der Waals surface area contributed by atoms with E-state index < -0.39 is 0 Å². The van der Waals surface area contributed by atoms with Gasteiger partial charge in [0.1, 0.15) is 0 Å². The van der Waals surface area contributed by atoms with Crippen molar-refractivity contribution in [1.29, 1.82) is 0 Å². The van der Waals surface area contributed by atoms with E-state index in [0.717, 1.165) is 0 Å². The summed E-state index contributed by atoms with van der Waals surface area (Å²) < 4.78 is 0. The fourth-order valence-corrected chi connectivity index (χ4v) is 2.11. The standard InChI is InChI=1S/C10H15ClN6O/c1-13-9-14-8(11)15-10(16-9)17-4-2-6(3-5-17)7(12)18/h6H,2-5H2,1H3,(H2,12,18)(H,13,14,15,16). The van der Waals surface area contributed by atoms with Crippen LogP contribution in [0.5, 0.6) is 0 Å². The summed E-state index contributed by atoms with van der Waals surface area (Å²) in [5.74, 6) is 0.672. The van der Waals surface area contributed by atoms with Crippen LogP contribution >= 0.6 is 11.6 Å². The van der Waals surface area contributed by atoms with Gasteiger partial charge in [0, 0.05) is 26.1 Å². The quantitative estimate of drug-likeness (QED) is 0.818. The molecule has 98 valence electrons. The van der Waals surface area contributed by atoms with Crippen LogP contribution in [-0.4, -0.2) is 41.0 Å². The number of aromatic nitrogens is 3. The van der Waals surface area contributed by atoms with Crippen molar-refractivity contribution in [3.63, 3.8) is 0 Å². The Bertz CT molecular complexity index is 446. The average Bonchev–Trinajstić information content (AvgIpc) is 2.38. The number of rotatable bonds is 3. The first-order valence-electron chi connectivity index (χ1n) is 5.73. The molecule has 0 aromatic carbocycles. The molecule has 1 fully saturated rings. The fourth-order valence-electron chi connectivity index (χ4n) is 1.96. The maximum Gasteiger partial charge on any atom is 0.231 e. The lowest BCUT2D eigenvalue weighted by Crippen LogP contribution is -2.39. The molecule has 0 atom stereocenters. The summed E-state index contributed by atoms with van der Waals surface area (Å²) in [6.45, 7) is 1.38. The lowest BCUT2D eigenvalue weighted by Gasteiger charge is -2.30. The molecule has 18 heavy (non-hydrogen) atoms. The Balaban J connectivity index is 2.09. The van der Waals surface area contributed by atoms with Crippen LogP contribution in [0.3, 0.4) is 0 Å². The van der Waals surface area contributed by atoms with Crippen molar-refractivity contribution in [2.45, 2.75) is 12.8 Å². The van der Waals surface area contributed by atoms with Gasteiger partial charge in [0.25, 0.3) is 0 Å². The Hall–Kier alpha value is -1.63. The van der Waals surface area contributed by atoms with Crippen LogP contribution in [0.15, 0.2) is 0 Å². The molecule has 0 spiro atoms. The second-order valence-corrected chi connectivity index (χ2v) is 4.48. The van der Waals surface area contributed by atoms with Gasteiger partial charge >= 0.3 is 0 Å². The zero-order valence-electron chi connectivity index (χ0n) is 10.1. The molecular formula is C10H15ClN6O. The summed E-state index contributed by atoms with van der Waals surface area (Å²) in [6.07, 6.45) is 1.43. The van der Waals surface area contributed by atoms with Crippen molar-refractivity contribution in [3.05, 3.63) is 5.28 Å². The highest BCUT2D eigenvalue weighted by molar-refractivity contribution is 6.28. The van der Waals surface area contributed by atoms with Gasteiger partial charge in [-0.15, -0.1) is 0 Å². The van der Waals surface area contributed by atoms with Crippen LogP contribution in [-0.2, 0) is 4.79 Å². The molecule has 1 aromatic heterocycles. The molecule has 3 N–H and O–H groups in total. The number of nitrogens with zero attached hydrogens (tertiary/aromatic N) is 4. The Kier molecular flexibility index (Phi) is 3.81. The Morgan fingerprint density at radius 3 is 2.61 bits per heavy atom. The van der Waals surface area contributed by atoms with E-state index in [0.29, 0.717) is 37.8 Å². The number of nitrogens with one attached hydrogen (secondary N) is 1. The topological polar surface area (TPSA) is 97.0 Å². The van der Waals surface area contributed by atoms with E-state index in [-0.39, 0.29) is 17.1 Å². The number of halogens is 1. The van der Waals surface area contributed by atoms with Gasteiger partial charge < -0.3 is 16.0 Å². The van der Waals surface area contributed by atoms with Crippen molar-refractivity contribution >= 4 is 29.4 Å². The number of amides is 1. The second-order valence-electron chi connectivity index (χ2n) is 4.14. The van der Waals surface area contributed by atoms with Crippen LogP contribution in [0, 0.1) is 5.92 Å². The third-order valence-electron chi connectivity index (χ3n) is 3.00. The van der Waals surface area contributed by atoms with E-state index in [1.165, 1.54) is 0 Å². The fraction of sp³-hybridized carbons (Fsp3) is 0.600. The molecule has 0 unspecified atom stereocenters. The second kappa shape index (κ2) is 5.34. The highest BCUT2D eigenvalue weighted by atomic mass is 35.5. The molecule has 1 saturated heterocycles. The van der Waals surface area contributed by atoms with Crippen molar-refractivity contribution in [3.8, 4) is 0 Å². The van der Waals surface area contributed by atoms with Gasteiger partial charge in [-0.05, 0) is 24.4 Å². The maximum absolute atomic E-state index is 11.1. The molecule has 0 bridgehead atoms. The third kappa shape index (κ3) is 2.79. The number of carbonyl (C=O) groups is 1. The summed E-state index contributed by atoms with van der Waals surface area (Å²) in [5, 5.41) is 2.98. The summed E-state index contributed by atoms with van der Waals surface area (Å²) in [5.41, 5.74) is 5.29. The number of hydrogen-bond acceptors (Lipinski definition) is 6. The molecule has 0 radical (unpaired) electrons. The molecule has 1 aliphatic rings. The van der Waals surface area contributed by atoms with Crippen LogP contribution in [0.2, 0.25) is 5.28 Å². The van der Waals surface area contributed by atoms with E-state index in [1.807, 2.05) is 4.90 Å². The van der Waals surface area contributed by atoms with Crippen molar-refractivity contribution in [2.24, 2.45) is 11.7 Å². The Morgan fingerprint density at radius 2 is 2.06 bits per heavy atom. The lowest BCUT2D eigenvalue weighted by atomic mass is 9.96. The molecule has 1 aliphatic heterocycles. The summed E-state index contributed by atoms with van der Waals surface area (Å²) >= 11 is 5.82. The minimum absolute atomic E-state index is 0.0534.